The number of amides is 1. The summed E-state index contributed by atoms with van der Waals surface area (Å²) in [6.45, 7) is 8.96. The van der Waals surface area contributed by atoms with Crippen molar-refractivity contribution in [3.63, 3.8) is 0 Å². The Hall–Kier alpha value is -2.14. The van der Waals surface area contributed by atoms with Crippen LogP contribution < -0.4 is 10.2 Å². The third-order valence-corrected chi connectivity index (χ3v) is 4.95. The molecule has 0 aliphatic carbocycles. The number of para-hydroxylation sites is 1. The molecule has 0 bridgehead atoms. The second kappa shape index (κ2) is 7.18. The van der Waals surface area contributed by atoms with Gasteiger partial charge in [-0.3, -0.25) is 4.79 Å². The lowest BCUT2D eigenvalue weighted by Gasteiger charge is -2.26. The number of hydrogen-bond donors (Lipinski definition) is 2. The van der Waals surface area contributed by atoms with Gasteiger partial charge in [-0.2, -0.15) is 5.10 Å². The van der Waals surface area contributed by atoms with Crippen molar-refractivity contribution in [1.29, 1.82) is 0 Å². The van der Waals surface area contributed by atoms with E-state index in [0.717, 1.165) is 41.8 Å². The van der Waals surface area contributed by atoms with Crippen molar-refractivity contribution >= 4 is 11.6 Å². The predicted molar refractivity (Wildman–Crippen MR) is 95.6 cm³/mol. The topological polar surface area (TPSA) is 51.4 Å². The van der Waals surface area contributed by atoms with Crippen LogP contribution >= 0.6 is 0 Å². The van der Waals surface area contributed by atoms with E-state index in [1.807, 2.05) is 48.9 Å². The number of benzene rings is 1. The molecule has 1 aromatic heterocycles. The van der Waals surface area contributed by atoms with Gasteiger partial charge in [-0.05, 0) is 44.7 Å². The van der Waals surface area contributed by atoms with Crippen LogP contribution in [0.15, 0.2) is 30.3 Å². The van der Waals surface area contributed by atoms with Crippen molar-refractivity contribution in [2.45, 2.75) is 33.6 Å². The molecule has 1 aromatic carbocycles. The molecule has 1 aliphatic rings. The third-order valence-electron chi connectivity index (χ3n) is 4.95. The summed E-state index contributed by atoms with van der Waals surface area (Å²) in [5, 5.41) is 7.67. The number of aryl methyl sites for hydroxylation is 1. The van der Waals surface area contributed by atoms with Crippen molar-refractivity contribution in [3.8, 4) is 5.69 Å². The Labute approximate surface area is 143 Å². The summed E-state index contributed by atoms with van der Waals surface area (Å²) in [4.78, 5) is 13.8. The molecule has 3 rings (SSSR count). The first-order chi connectivity index (χ1) is 11.5. The molecule has 2 aromatic rings. The van der Waals surface area contributed by atoms with E-state index in [4.69, 9.17) is 0 Å². The van der Waals surface area contributed by atoms with Crippen LogP contribution in [0.1, 0.15) is 31.2 Å². The molecule has 0 spiro atoms. The molecule has 5 nitrogen and oxygen atoms in total. The second-order valence-electron chi connectivity index (χ2n) is 6.95. The number of aromatic nitrogens is 2. The zero-order valence-corrected chi connectivity index (χ0v) is 14.8. The van der Waals surface area contributed by atoms with Crippen molar-refractivity contribution < 1.29 is 9.69 Å². The van der Waals surface area contributed by atoms with Crippen LogP contribution in [-0.2, 0) is 4.79 Å². The van der Waals surface area contributed by atoms with Gasteiger partial charge >= 0.3 is 0 Å². The summed E-state index contributed by atoms with van der Waals surface area (Å²) < 4.78 is 1.89. The number of hydrogen-bond acceptors (Lipinski definition) is 2. The van der Waals surface area contributed by atoms with E-state index >= 15 is 0 Å². The number of anilines is 1. The Bertz CT molecular complexity index is 700. The minimum absolute atomic E-state index is 0.0818. The van der Waals surface area contributed by atoms with Gasteiger partial charge in [-0.15, -0.1) is 0 Å². The molecule has 0 radical (unpaired) electrons. The lowest BCUT2D eigenvalue weighted by Crippen LogP contribution is -3.14. The van der Waals surface area contributed by atoms with Crippen LogP contribution in [0.5, 0.6) is 0 Å². The summed E-state index contributed by atoms with van der Waals surface area (Å²) in [6, 6.07) is 10.0. The van der Waals surface area contributed by atoms with Gasteiger partial charge in [0, 0.05) is 0 Å². The molecule has 128 valence electrons. The van der Waals surface area contributed by atoms with Gasteiger partial charge in [0.15, 0.2) is 6.54 Å². The summed E-state index contributed by atoms with van der Waals surface area (Å²) in [5.74, 6) is 0.878. The fourth-order valence-electron chi connectivity index (χ4n) is 3.40. The number of piperidine rings is 1. The Morgan fingerprint density at radius 2 is 1.92 bits per heavy atom. The van der Waals surface area contributed by atoms with E-state index < -0.39 is 0 Å². The van der Waals surface area contributed by atoms with Crippen LogP contribution in [0.25, 0.3) is 5.69 Å². The molecule has 1 fully saturated rings. The number of nitrogens with zero attached hydrogens (tertiary/aromatic N) is 2. The smallest absolute Gasteiger partial charge is 0.279 e. The predicted octanol–water partition coefficient (Wildman–Crippen LogP) is 1.74. The lowest BCUT2D eigenvalue weighted by molar-refractivity contribution is -0.897. The quantitative estimate of drug-likeness (QED) is 0.899. The maximum absolute atomic E-state index is 12.4. The van der Waals surface area contributed by atoms with Crippen molar-refractivity contribution in [2.24, 2.45) is 5.92 Å². The molecule has 2 N–H and O–H groups in total. The first-order valence-electron chi connectivity index (χ1n) is 8.79. The largest absolute Gasteiger partial charge is 0.327 e. The molecule has 0 atom stereocenters. The highest BCUT2D eigenvalue weighted by atomic mass is 16.2. The van der Waals surface area contributed by atoms with E-state index in [0.29, 0.717) is 6.54 Å². The van der Waals surface area contributed by atoms with Crippen LogP contribution in [0.2, 0.25) is 0 Å². The van der Waals surface area contributed by atoms with Crippen molar-refractivity contribution in [2.75, 3.05) is 25.0 Å². The number of carbonyl (C=O) groups is 1. The van der Waals surface area contributed by atoms with Gasteiger partial charge in [0.1, 0.15) is 0 Å². The number of nitrogens with one attached hydrogen (secondary N) is 2. The van der Waals surface area contributed by atoms with E-state index in [2.05, 4.69) is 17.3 Å². The summed E-state index contributed by atoms with van der Waals surface area (Å²) >= 11 is 0. The van der Waals surface area contributed by atoms with Gasteiger partial charge in [-0.25, -0.2) is 4.68 Å². The molecule has 24 heavy (non-hydrogen) atoms. The molecule has 5 heteroatoms. The fourth-order valence-corrected chi connectivity index (χ4v) is 3.40. The number of rotatable bonds is 4. The van der Waals surface area contributed by atoms with Crippen molar-refractivity contribution in [1.82, 2.24) is 9.78 Å². The number of likely N-dealkylation sites (tertiary alicyclic amines) is 1. The van der Waals surface area contributed by atoms with E-state index in [9.17, 15) is 4.79 Å². The maximum Gasteiger partial charge on any atom is 0.279 e. The summed E-state index contributed by atoms with van der Waals surface area (Å²) in [6.07, 6.45) is 2.43. The van der Waals surface area contributed by atoms with Crippen LogP contribution in [0, 0.1) is 19.8 Å². The zero-order valence-electron chi connectivity index (χ0n) is 14.8. The number of quaternary nitrogens is 1. The zero-order chi connectivity index (χ0) is 17.1. The van der Waals surface area contributed by atoms with Crippen molar-refractivity contribution in [3.05, 3.63) is 41.7 Å². The minimum atomic E-state index is 0.0818. The standard InChI is InChI=1S/C19H26N4O/c1-14-9-11-22(12-10-14)13-18(24)20-19-15(2)21-23(16(19)3)17-7-5-4-6-8-17/h4-8,14H,9-13H2,1-3H3,(H,20,24)/p+1. The molecule has 1 aliphatic heterocycles. The summed E-state index contributed by atoms with van der Waals surface area (Å²) in [5.41, 5.74) is 3.67. The molecule has 0 saturated carbocycles. The molecular formula is C19H27N4O+. The summed E-state index contributed by atoms with van der Waals surface area (Å²) in [7, 11) is 0. The van der Waals surface area contributed by atoms with Crippen LogP contribution in [-0.4, -0.2) is 35.3 Å². The van der Waals surface area contributed by atoms with Gasteiger partial charge in [0.2, 0.25) is 0 Å². The number of carbonyl (C=O) groups excluding carboxylic acids is 1. The van der Waals surface area contributed by atoms with Crippen LogP contribution in [0.3, 0.4) is 0 Å². The maximum atomic E-state index is 12.4. The second-order valence-corrected chi connectivity index (χ2v) is 6.95. The lowest BCUT2D eigenvalue weighted by atomic mass is 9.99. The van der Waals surface area contributed by atoms with Gasteiger partial charge in [-0.1, -0.05) is 25.1 Å². The minimum Gasteiger partial charge on any atom is -0.327 e. The first-order valence-corrected chi connectivity index (χ1v) is 8.79. The highest BCUT2D eigenvalue weighted by molar-refractivity contribution is 5.92. The first kappa shape index (κ1) is 16.7. The fraction of sp³-hybridized carbons (Fsp3) is 0.474. The Morgan fingerprint density at radius 1 is 1.25 bits per heavy atom. The van der Waals surface area contributed by atoms with E-state index in [-0.39, 0.29) is 5.91 Å². The molecule has 1 amide bonds. The molecular weight excluding hydrogens is 300 g/mol. The average molecular weight is 327 g/mol. The third kappa shape index (κ3) is 3.67. The SMILES string of the molecule is Cc1nn(-c2ccccc2)c(C)c1NC(=O)C[NH+]1CCC(C)CC1. The highest BCUT2D eigenvalue weighted by Gasteiger charge is 2.22. The Morgan fingerprint density at radius 3 is 2.58 bits per heavy atom. The van der Waals surface area contributed by atoms with Gasteiger partial charge in [0.05, 0.1) is 35.9 Å². The normalized spacial score (nSPS) is 20.8. The molecule has 1 saturated heterocycles. The van der Waals surface area contributed by atoms with Gasteiger partial charge in [0.25, 0.3) is 5.91 Å². The van der Waals surface area contributed by atoms with Gasteiger partial charge < -0.3 is 10.2 Å². The highest BCUT2D eigenvalue weighted by Crippen LogP contribution is 2.22. The molecule has 2 heterocycles. The Balaban J connectivity index is 1.69. The van der Waals surface area contributed by atoms with Crippen LogP contribution in [0.4, 0.5) is 5.69 Å². The van der Waals surface area contributed by atoms with E-state index in [1.165, 1.54) is 17.7 Å². The Kier molecular flexibility index (Phi) is 5.00. The average Bonchev–Trinajstić information content (AvgIpc) is 2.86. The monoisotopic (exact) mass is 327 g/mol. The van der Waals surface area contributed by atoms with E-state index in [1.54, 1.807) is 0 Å². The molecule has 0 unspecified atom stereocenters.